The third kappa shape index (κ3) is 4.52. The summed E-state index contributed by atoms with van der Waals surface area (Å²) in [5.41, 5.74) is 0.513. The van der Waals surface area contributed by atoms with E-state index in [4.69, 9.17) is 28.1 Å². The molecule has 4 rings (SSSR count). The van der Waals surface area contributed by atoms with Crippen LogP contribution in [0, 0.1) is 0 Å². The summed E-state index contributed by atoms with van der Waals surface area (Å²) in [6.45, 7) is -0.646. The van der Waals surface area contributed by atoms with E-state index >= 15 is 0 Å². The Morgan fingerprint density at radius 2 is 1.50 bits per heavy atom. The maximum Gasteiger partial charge on any atom is 0.402 e. The molecule has 1 aliphatic heterocycles. The lowest BCUT2D eigenvalue weighted by atomic mass is 9.99. The number of ether oxygens (including phenoxy) is 5. The third-order valence-electron chi connectivity index (χ3n) is 5.87. The number of aromatic hydroxyl groups is 2. The SMILES string of the molecule is COc1cc(O)c2cc(OC3OC(CO)C(O)C(O)C3O)c(-c3cc(OC)c(O)c(OC)c3)[o+]c2c1. The number of rotatable bonds is 7. The first kappa shape index (κ1) is 25.5. The molecule has 1 fully saturated rings. The number of hydrogen-bond acceptors (Lipinski definition) is 11. The molecule has 1 aromatic heterocycles. The van der Waals surface area contributed by atoms with Gasteiger partial charge in [0, 0.05) is 24.3 Å². The van der Waals surface area contributed by atoms with Crippen molar-refractivity contribution >= 4 is 11.0 Å². The Morgan fingerprint density at radius 1 is 0.833 bits per heavy atom. The van der Waals surface area contributed by atoms with Crippen LogP contribution in [-0.2, 0) is 4.74 Å². The van der Waals surface area contributed by atoms with Gasteiger partial charge in [0.15, 0.2) is 11.5 Å². The summed E-state index contributed by atoms with van der Waals surface area (Å²) < 4.78 is 33.0. The molecule has 0 amide bonds. The van der Waals surface area contributed by atoms with Crippen LogP contribution in [0.2, 0.25) is 0 Å². The maximum absolute atomic E-state index is 10.5. The van der Waals surface area contributed by atoms with E-state index in [9.17, 15) is 30.6 Å². The maximum atomic E-state index is 10.5. The first-order valence-corrected chi connectivity index (χ1v) is 10.8. The lowest BCUT2D eigenvalue weighted by molar-refractivity contribution is -0.277. The average molecular weight is 507 g/mol. The molecule has 12 nitrogen and oxygen atoms in total. The van der Waals surface area contributed by atoms with Crippen molar-refractivity contribution in [1.82, 2.24) is 0 Å². The molecule has 2 heterocycles. The van der Waals surface area contributed by atoms with Gasteiger partial charge in [0.25, 0.3) is 0 Å². The molecule has 0 bridgehead atoms. The molecule has 0 aliphatic carbocycles. The molecule has 1 aliphatic rings. The Bertz CT molecular complexity index is 1220. The van der Waals surface area contributed by atoms with Gasteiger partial charge in [-0.2, -0.15) is 0 Å². The van der Waals surface area contributed by atoms with Gasteiger partial charge < -0.3 is 54.3 Å². The summed E-state index contributed by atoms with van der Waals surface area (Å²) in [6.07, 6.45) is -7.69. The highest BCUT2D eigenvalue weighted by Gasteiger charge is 2.45. The topological polar surface area (TPSA) is 179 Å². The molecule has 12 heteroatoms. The van der Waals surface area contributed by atoms with E-state index in [0.717, 1.165) is 0 Å². The van der Waals surface area contributed by atoms with E-state index in [1.807, 2.05) is 0 Å². The lowest BCUT2D eigenvalue weighted by Gasteiger charge is -2.39. The summed E-state index contributed by atoms with van der Waals surface area (Å²) in [5, 5.41) is 61.3. The molecule has 0 saturated carbocycles. The summed E-state index contributed by atoms with van der Waals surface area (Å²) in [7, 11) is 4.13. The van der Waals surface area contributed by atoms with Crippen LogP contribution in [0.25, 0.3) is 22.3 Å². The van der Waals surface area contributed by atoms with Gasteiger partial charge in [0.2, 0.25) is 17.8 Å². The fourth-order valence-corrected chi connectivity index (χ4v) is 3.89. The Kier molecular flexibility index (Phi) is 7.24. The van der Waals surface area contributed by atoms with Crippen LogP contribution in [0.3, 0.4) is 0 Å². The van der Waals surface area contributed by atoms with E-state index in [1.165, 1.54) is 51.7 Å². The van der Waals surface area contributed by atoms with Crippen LogP contribution in [0.5, 0.6) is 34.5 Å². The number of phenolic OH excluding ortho intramolecular Hbond substituents is 2. The number of hydrogen-bond donors (Lipinski definition) is 6. The van der Waals surface area contributed by atoms with Gasteiger partial charge in [-0.1, -0.05) is 0 Å². The van der Waals surface area contributed by atoms with Gasteiger partial charge in [-0.3, -0.25) is 0 Å². The van der Waals surface area contributed by atoms with E-state index < -0.39 is 37.3 Å². The lowest BCUT2D eigenvalue weighted by Crippen LogP contribution is -2.60. The van der Waals surface area contributed by atoms with Gasteiger partial charge in [-0.15, -0.1) is 0 Å². The monoisotopic (exact) mass is 507 g/mol. The minimum atomic E-state index is -1.69. The minimum absolute atomic E-state index is 0.0451. The highest BCUT2D eigenvalue weighted by Crippen LogP contribution is 2.45. The quantitative estimate of drug-likeness (QED) is 0.250. The second kappa shape index (κ2) is 10.2. The molecule has 3 aromatic rings. The van der Waals surface area contributed by atoms with Crippen molar-refractivity contribution in [3.63, 3.8) is 0 Å². The molecule has 2 aromatic carbocycles. The summed E-state index contributed by atoms with van der Waals surface area (Å²) in [5.74, 6) is -0.0118. The van der Waals surface area contributed by atoms with Gasteiger partial charge in [-0.05, 0) is 0 Å². The van der Waals surface area contributed by atoms with Crippen molar-refractivity contribution in [3.05, 3.63) is 30.3 Å². The number of benzene rings is 2. The Balaban J connectivity index is 1.90. The second-order valence-corrected chi connectivity index (χ2v) is 8.04. The molecule has 6 N–H and O–H groups in total. The molecule has 1 saturated heterocycles. The first-order valence-electron chi connectivity index (χ1n) is 10.8. The van der Waals surface area contributed by atoms with E-state index in [0.29, 0.717) is 11.3 Å². The van der Waals surface area contributed by atoms with Crippen molar-refractivity contribution in [1.29, 1.82) is 0 Å². The number of aliphatic hydroxyl groups is 4. The Labute approximate surface area is 205 Å². The van der Waals surface area contributed by atoms with Crippen LogP contribution in [0.4, 0.5) is 0 Å². The van der Waals surface area contributed by atoms with Crippen LogP contribution < -0.4 is 18.9 Å². The largest absolute Gasteiger partial charge is 0.507 e. The highest BCUT2D eigenvalue weighted by molar-refractivity contribution is 5.89. The van der Waals surface area contributed by atoms with Gasteiger partial charge in [-0.25, -0.2) is 4.42 Å². The predicted molar refractivity (Wildman–Crippen MR) is 123 cm³/mol. The molecular formula is C24H27O12+. The Morgan fingerprint density at radius 3 is 2.08 bits per heavy atom. The van der Waals surface area contributed by atoms with Crippen molar-refractivity contribution < 1.29 is 58.7 Å². The van der Waals surface area contributed by atoms with Crippen molar-refractivity contribution in [2.24, 2.45) is 0 Å². The van der Waals surface area contributed by atoms with Crippen LogP contribution in [-0.4, -0.2) is 89.3 Å². The first-order chi connectivity index (χ1) is 17.2. The van der Waals surface area contributed by atoms with E-state index in [2.05, 4.69) is 0 Å². The van der Waals surface area contributed by atoms with Crippen molar-refractivity contribution in [3.8, 4) is 45.8 Å². The molecule has 5 atom stereocenters. The minimum Gasteiger partial charge on any atom is -0.507 e. The van der Waals surface area contributed by atoms with Gasteiger partial charge in [0.05, 0.1) is 39.6 Å². The highest BCUT2D eigenvalue weighted by atomic mass is 16.7. The van der Waals surface area contributed by atoms with Crippen molar-refractivity contribution in [2.45, 2.75) is 30.7 Å². The second-order valence-electron chi connectivity index (χ2n) is 8.04. The zero-order valence-electron chi connectivity index (χ0n) is 19.6. The number of methoxy groups -OCH3 is 3. The number of phenols is 2. The fraction of sp³-hybridized carbons (Fsp3) is 0.375. The molecule has 194 valence electrons. The fourth-order valence-electron chi connectivity index (χ4n) is 3.89. The molecule has 0 spiro atoms. The number of aliphatic hydroxyl groups excluding tert-OH is 4. The smallest absolute Gasteiger partial charge is 0.402 e. The molecular weight excluding hydrogens is 480 g/mol. The zero-order chi connectivity index (χ0) is 26.1. The molecule has 0 radical (unpaired) electrons. The Hall–Kier alpha value is -3.55. The zero-order valence-corrected chi connectivity index (χ0v) is 19.6. The standard InChI is InChI=1S/C24H26O12/c1-31-11-6-13(26)12-8-17(35-24-22(30)21(29)20(28)18(9-25)36-24)23(34-14(12)7-11)10-4-15(32-2)19(27)16(5-10)33-3/h4-8,18,20-22,24-25,28-30H,9H2,1-3H3,(H-,26,27)/p+1. The van der Waals surface area contributed by atoms with Crippen molar-refractivity contribution in [2.75, 3.05) is 27.9 Å². The summed E-state index contributed by atoms with van der Waals surface area (Å²) >= 11 is 0. The summed E-state index contributed by atoms with van der Waals surface area (Å²) in [6, 6.07) is 7.20. The normalized spacial score (nSPS) is 23.9. The van der Waals surface area contributed by atoms with E-state index in [-0.39, 0.29) is 45.5 Å². The molecule has 36 heavy (non-hydrogen) atoms. The molecule has 5 unspecified atom stereocenters. The predicted octanol–water partition coefficient (Wildman–Crippen LogP) is 0.997. The van der Waals surface area contributed by atoms with Crippen LogP contribution >= 0.6 is 0 Å². The van der Waals surface area contributed by atoms with Gasteiger partial charge >= 0.3 is 11.3 Å². The third-order valence-corrected chi connectivity index (χ3v) is 5.87. The summed E-state index contributed by atoms with van der Waals surface area (Å²) in [4.78, 5) is 0. The number of fused-ring (bicyclic) bond motifs is 1. The van der Waals surface area contributed by atoms with Crippen LogP contribution in [0.1, 0.15) is 0 Å². The average Bonchev–Trinajstić information content (AvgIpc) is 2.88. The van der Waals surface area contributed by atoms with Gasteiger partial charge in [0.1, 0.15) is 41.3 Å². The van der Waals surface area contributed by atoms with E-state index in [1.54, 1.807) is 0 Å². The van der Waals surface area contributed by atoms with Crippen LogP contribution in [0.15, 0.2) is 34.7 Å².